The van der Waals surface area contributed by atoms with Crippen LogP contribution in [0.2, 0.25) is 19.1 Å². The Balaban J connectivity index is 3.23. The van der Waals surface area contributed by atoms with Gasteiger partial charge in [-0.05, 0) is 30.6 Å². The molecule has 0 aromatic carbocycles. The average molecular weight is 223 g/mol. The minimum absolute atomic E-state index is 0.974. The lowest BCUT2D eigenvalue weighted by molar-refractivity contribution is 0.610. The van der Waals surface area contributed by atoms with Crippen LogP contribution in [0, 0.1) is 0 Å². The molecule has 0 amide bonds. The quantitative estimate of drug-likeness (QED) is 0.419. The summed E-state index contributed by atoms with van der Waals surface area (Å²) in [4.78, 5) is 0. The van der Waals surface area contributed by atoms with Gasteiger partial charge in [0, 0.05) is 5.75 Å². The van der Waals surface area contributed by atoms with E-state index in [0.29, 0.717) is 0 Å². The van der Waals surface area contributed by atoms with Gasteiger partial charge in [0.25, 0.3) is 0 Å². The highest BCUT2D eigenvalue weighted by Gasteiger charge is 2.18. The number of thioether (sulfide) groups is 1. The molecule has 0 rings (SSSR count). The summed E-state index contributed by atoms with van der Waals surface area (Å²) in [5.41, 5.74) is 0. The fourth-order valence-electron chi connectivity index (χ4n) is 0.536. The molecule has 0 saturated heterocycles. The van der Waals surface area contributed by atoms with Crippen LogP contribution < -0.4 is 0 Å². The van der Waals surface area contributed by atoms with E-state index in [1.54, 1.807) is 0 Å². The van der Waals surface area contributed by atoms with Crippen LogP contribution in [0.1, 0.15) is 0 Å². The lowest BCUT2D eigenvalue weighted by Gasteiger charge is -2.19. The van der Waals surface area contributed by atoms with Crippen molar-refractivity contribution in [3.05, 3.63) is 0 Å². The molecule has 0 aliphatic carbocycles. The molecule has 3 radical (unpaired) electrons. The van der Waals surface area contributed by atoms with E-state index in [2.05, 4.69) is 36.2 Å². The Hall–Kier alpha value is 1.09. The minimum Gasteiger partial charge on any atom is -0.457 e. The van der Waals surface area contributed by atoms with Crippen LogP contribution in [0.15, 0.2) is 0 Å². The highest BCUT2D eigenvalue weighted by Crippen LogP contribution is 2.14. The van der Waals surface area contributed by atoms with Gasteiger partial charge in [0.1, 0.15) is 0 Å². The van der Waals surface area contributed by atoms with Gasteiger partial charge in [-0.15, -0.1) is 0 Å². The van der Waals surface area contributed by atoms with Crippen molar-refractivity contribution in [2.75, 3.05) is 17.3 Å². The van der Waals surface area contributed by atoms with Gasteiger partial charge in [0.05, 0.1) is 0 Å². The largest absolute Gasteiger partial charge is 0.457 e. The molecular weight excluding hydrogens is 208 g/mol. The first-order valence-corrected chi connectivity index (χ1v) is 8.97. The van der Waals surface area contributed by atoms with E-state index >= 15 is 0 Å². The van der Waals surface area contributed by atoms with Crippen LogP contribution in [0.25, 0.3) is 0 Å². The van der Waals surface area contributed by atoms with Crippen molar-refractivity contribution in [3.63, 3.8) is 0 Å². The summed E-state index contributed by atoms with van der Waals surface area (Å²) in [7, 11) is 1.76. The molecule has 0 atom stereocenters. The molecule has 11 heavy (non-hydrogen) atoms. The van der Waals surface area contributed by atoms with Gasteiger partial charge in [-0.25, -0.2) is 0 Å². The van der Waals surface area contributed by atoms with Gasteiger partial charge in [-0.1, -0.05) is 0 Å². The first-order chi connectivity index (χ1) is 5.12. The summed E-state index contributed by atoms with van der Waals surface area (Å²) in [6.07, 6.45) is 0. The Labute approximate surface area is 83.8 Å². The zero-order chi connectivity index (χ0) is 8.74. The normalized spacial score (nSPS) is 12.0. The smallest absolute Gasteiger partial charge is 0.230 e. The molecule has 0 heterocycles. The van der Waals surface area contributed by atoms with Crippen molar-refractivity contribution in [2.24, 2.45) is 0 Å². The Bertz CT molecular complexity index is 101. The summed E-state index contributed by atoms with van der Waals surface area (Å²) in [5, 5.41) is 0. The zero-order valence-corrected chi connectivity index (χ0v) is 10.8. The van der Waals surface area contributed by atoms with E-state index in [1.165, 1.54) is 11.8 Å². The summed E-state index contributed by atoms with van der Waals surface area (Å²) in [6.45, 7) is 4.42. The fraction of sp³-hybridized carbons (Fsp3) is 1.00. The summed E-state index contributed by atoms with van der Waals surface area (Å²) >= 11 is 6.09. The molecule has 65 valence electrons. The Kier molecular flexibility index (Phi) is 7.25. The monoisotopic (exact) mass is 223 g/mol. The molecule has 0 fully saturated rings. The second-order valence-corrected chi connectivity index (χ2v) is 9.46. The van der Waals surface area contributed by atoms with Crippen LogP contribution in [0.5, 0.6) is 0 Å². The Morgan fingerprint density at radius 1 is 1.45 bits per heavy atom. The lowest BCUT2D eigenvalue weighted by atomic mass is 10.9. The van der Waals surface area contributed by atoms with Gasteiger partial charge >= 0.3 is 0 Å². The lowest BCUT2D eigenvalue weighted by Crippen LogP contribution is -2.29. The predicted octanol–water partition coefficient (Wildman–Crippen LogP) is 1.95. The molecule has 0 unspecified atom stereocenters. The van der Waals surface area contributed by atoms with Crippen molar-refractivity contribution in [2.45, 2.75) is 19.1 Å². The first-order valence-electron chi connectivity index (χ1n) is 3.66. The molecule has 0 N–H and O–H groups in total. The van der Waals surface area contributed by atoms with Gasteiger partial charge in [0.2, 0.25) is 10.5 Å². The Morgan fingerprint density at radius 2 is 2.09 bits per heavy atom. The molecule has 1 nitrogen and oxygen atoms in total. The van der Waals surface area contributed by atoms with Gasteiger partial charge in [-0.3, -0.25) is 0 Å². The minimum atomic E-state index is -1.36. The molecule has 0 aliphatic heterocycles. The van der Waals surface area contributed by atoms with E-state index in [4.69, 9.17) is 4.12 Å². The van der Waals surface area contributed by atoms with Gasteiger partial charge in [-0.2, -0.15) is 24.4 Å². The molecule has 0 spiro atoms. The van der Waals surface area contributed by atoms with Crippen LogP contribution in [0.4, 0.5) is 0 Å². The number of hydrogen-bond donors (Lipinski definition) is 1. The summed E-state index contributed by atoms with van der Waals surface area (Å²) in [5.74, 6) is 3.32. The number of rotatable bonds is 6. The second-order valence-electron chi connectivity index (χ2n) is 2.95. The van der Waals surface area contributed by atoms with E-state index in [1.807, 2.05) is 11.8 Å². The SMILES string of the molecule is C[Si](C)(CCSCCS)O[Si]. The summed E-state index contributed by atoms with van der Waals surface area (Å²) < 4.78 is 5.23. The van der Waals surface area contributed by atoms with Gasteiger partial charge in [0.15, 0.2) is 8.32 Å². The zero-order valence-electron chi connectivity index (χ0n) is 7.09. The van der Waals surface area contributed by atoms with E-state index in [-0.39, 0.29) is 0 Å². The van der Waals surface area contributed by atoms with Crippen molar-refractivity contribution in [1.82, 2.24) is 0 Å². The maximum atomic E-state index is 5.23. The maximum absolute atomic E-state index is 5.23. The molecule has 0 saturated carbocycles. The van der Waals surface area contributed by atoms with E-state index in [0.717, 1.165) is 11.5 Å². The molecule has 0 bridgehead atoms. The summed E-state index contributed by atoms with van der Waals surface area (Å²) in [6, 6.07) is 1.20. The predicted molar refractivity (Wildman–Crippen MR) is 60.3 cm³/mol. The molecule has 0 aliphatic rings. The average Bonchev–Trinajstić information content (AvgIpc) is 1.99. The highest BCUT2D eigenvalue weighted by atomic mass is 32.2. The third-order valence-corrected chi connectivity index (χ3v) is 6.90. The molecule has 0 aromatic heterocycles. The van der Waals surface area contributed by atoms with E-state index in [9.17, 15) is 0 Å². The number of thiol groups is 1. The van der Waals surface area contributed by atoms with Crippen LogP contribution in [-0.2, 0) is 4.12 Å². The van der Waals surface area contributed by atoms with Crippen LogP contribution in [-0.4, -0.2) is 36.1 Å². The topological polar surface area (TPSA) is 9.23 Å². The first kappa shape index (κ1) is 12.1. The third-order valence-electron chi connectivity index (χ3n) is 1.36. The standard InChI is InChI=1S/C6H15OS2Si2/c1-11(2,7-10)6-5-9-4-3-8/h8H,3-6H2,1-2H3. The third kappa shape index (κ3) is 7.45. The number of hydrogen-bond acceptors (Lipinski definition) is 3. The van der Waals surface area contributed by atoms with Crippen molar-refractivity contribution in [1.29, 1.82) is 0 Å². The molecule has 0 aromatic rings. The molecular formula is C6H15OS2Si2. The van der Waals surface area contributed by atoms with E-state index < -0.39 is 8.32 Å². The van der Waals surface area contributed by atoms with Gasteiger partial charge < -0.3 is 4.12 Å². The Morgan fingerprint density at radius 3 is 2.55 bits per heavy atom. The van der Waals surface area contributed by atoms with Crippen LogP contribution >= 0.6 is 24.4 Å². The molecule has 5 heteroatoms. The van der Waals surface area contributed by atoms with Crippen molar-refractivity contribution in [3.8, 4) is 0 Å². The second kappa shape index (κ2) is 6.59. The van der Waals surface area contributed by atoms with Crippen molar-refractivity contribution < 1.29 is 4.12 Å². The fourth-order valence-corrected chi connectivity index (χ4v) is 4.21. The van der Waals surface area contributed by atoms with Crippen LogP contribution in [0.3, 0.4) is 0 Å². The highest BCUT2D eigenvalue weighted by molar-refractivity contribution is 8.00. The van der Waals surface area contributed by atoms with Crippen molar-refractivity contribution >= 4 is 43.2 Å². The maximum Gasteiger partial charge on any atom is 0.230 e.